The molecule has 1 aromatic carbocycles. The summed E-state index contributed by atoms with van der Waals surface area (Å²) in [6.07, 6.45) is 1.91. The molecule has 1 aromatic rings. The van der Waals surface area contributed by atoms with Crippen molar-refractivity contribution < 1.29 is 38.7 Å². The lowest BCUT2D eigenvalue weighted by atomic mass is 9.44. The van der Waals surface area contributed by atoms with Crippen LogP contribution in [0.1, 0.15) is 56.3 Å². The smallest absolute Gasteiger partial charge is 0.340 e. The van der Waals surface area contributed by atoms with E-state index < -0.39 is 34.3 Å². The van der Waals surface area contributed by atoms with Crippen LogP contribution in [-0.2, 0) is 23.7 Å². The molecule has 0 radical (unpaired) electrons. The molecule has 1 saturated heterocycles. The Morgan fingerprint density at radius 3 is 2.50 bits per heavy atom. The van der Waals surface area contributed by atoms with Crippen LogP contribution in [0.25, 0.3) is 0 Å². The van der Waals surface area contributed by atoms with Crippen LogP contribution in [-0.4, -0.2) is 103 Å². The number of nitrogens with zero attached hydrogens (tertiary/aromatic N) is 1. The maximum absolute atomic E-state index is 14.0. The van der Waals surface area contributed by atoms with E-state index in [2.05, 4.69) is 17.1 Å². The van der Waals surface area contributed by atoms with Crippen molar-refractivity contribution in [3.63, 3.8) is 0 Å². The molecular formula is C32H44N2O8. The van der Waals surface area contributed by atoms with Crippen LogP contribution in [0.3, 0.4) is 0 Å². The number of esters is 1. The van der Waals surface area contributed by atoms with Crippen molar-refractivity contribution in [2.45, 2.75) is 87.1 Å². The monoisotopic (exact) mass is 584 g/mol. The fourth-order valence-corrected chi connectivity index (χ4v) is 11.6. The predicted molar refractivity (Wildman–Crippen MR) is 152 cm³/mol. The Bertz CT molecular complexity index is 1290. The molecule has 230 valence electrons. The Hall–Kier alpha value is -2.08. The number of benzene rings is 1. The quantitative estimate of drug-likeness (QED) is 0.414. The number of likely N-dealkylation sites (N-methyl/N-ethyl adjacent to an activating group) is 1. The summed E-state index contributed by atoms with van der Waals surface area (Å²) in [7, 11) is 5.05. The molecule has 1 aliphatic heterocycles. The predicted octanol–water partition coefficient (Wildman–Crippen LogP) is 2.22. The van der Waals surface area contributed by atoms with E-state index in [4.69, 9.17) is 18.9 Å². The Kier molecular flexibility index (Phi) is 6.46. The van der Waals surface area contributed by atoms with Gasteiger partial charge in [0.15, 0.2) is 0 Å². The van der Waals surface area contributed by atoms with Crippen molar-refractivity contribution in [2.24, 2.45) is 29.1 Å². The molecule has 12 atom stereocenters. The van der Waals surface area contributed by atoms with Crippen LogP contribution < -0.4 is 5.32 Å². The van der Waals surface area contributed by atoms with Crippen molar-refractivity contribution >= 4 is 17.6 Å². The summed E-state index contributed by atoms with van der Waals surface area (Å²) in [5.41, 5.74) is -3.57. The highest BCUT2D eigenvalue weighted by atomic mass is 16.6. The van der Waals surface area contributed by atoms with Gasteiger partial charge in [0.05, 0.1) is 29.6 Å². The average Bonchev–Trinajstić information content (AvgIpc) is 3.39. The summed E-state index contributed by atoms with van der Waals surface area (Å²) in [5, 5.41) is 28.4. The summed E-state index contributed by atoms with van der Waals surface area (Å²) in [6, 6.07) is 6.89. The molecule has 1 amide bonds. The number of methoxy groups -OCH3 is 3. The third-order valence-electron chi connectivity index (χ3n) is 12.6. The van der Waals surface area contributed by atoms with Gasteiger partial charge in [-0.2, -0.15) is 0 Å². The Balaban J connectivity index is 1.38. The summed E-state index contributed by atoms with van der Waals surface area (Å²) < 4.78 is 25.1. The summed E-state index contributed by atoms with van der Waals surface area (Å²) in [5.74, 6) is -1.54. The molecule has 42 heavy (non-hydrogen) atoms. The molecule has 7 bridgehead atoms. The van der Waals surface area contributed by atoms with Crippen LogP contribution in [0.4, 0.5) is 5.69 Å². The highest BCUT2D eigenvalue weighted by molar-refractivity contribution is 6.00. The lowest BCUT2D eigenvalue weighted by molar-refractivity contribution is -0.337. The van der Waals surface area contributed by atoms with Crippen LogP contribution in [0.5, 0.6) is 0 Å². The standard InChI is InChI=1S/C32H44N2O8/c1-6-34-16-29(42-28(36)18-9-7-8-10-21(18)33-17(2)35)12-11-25(40-4)31-23(29)14-20(26(31)34)30(37)15-22(39-3)19-13-24(31)32(30,38)27(19)41-5/h7-10,19-20,22-27,37-38H,6,11-16H2,1-5H3,(H,33,35)/t19?,20-,22-,23?,24?,25-,26?,27-,29+,30-,31-,32-/m0/s1. The zero-order chi connectivity index (χ0) is 29.8. The first kappa shape index (κ1) is 28.7. The van der Waals surface area contributed by atoms with Crippen LogP contribution >= 0.6 is 0 Å². The van der Waals surface area contributed by atoms with Crippen molar-refractivity contribution in [1.82, 2.24) is 4.90 Å². The molecule has 5 saturated carbocycles. The number of anilines is 1. The van der Waals surface area contributed by atoms with E-state index in [0.29, 0.717) is 56.4 Å². The number of fused-ring (bicyclic) bond motifs is 2. The third-order valence-corrected chi connectivity index (χ3v) is 12.6. The number of rotatable bonds is 7. The molecule has 7 rings (SSSR count). The number of carbonyl (C=O) groups excluding carboxylic acids is 2. The van der Waals surface area contributed by atoms with Gasteiger partial charge < -0.3 is 34.5 Å². The van der Waals surface area contributed by atoms with Gasteiger partial charge in [0.25, 0.3) is 0 Å². The normalized spacial score (nSPS) is 48.2. The zero-order valence-corrected chi connectivity index (χ0v) is 25.2. The molecule has 10 nitrogen and oxygen atoms in total. The molecule has 6 fully saturated rings. The van der Waals surface area contributed by atoms with Crippen molar-refractivity contribution in [1.29, 1.82) is 0 Å². The van der Waals surface area contributed by atoms with E-state index in [1.807, 2.05) is 0 Å². The second-order valence-electron chi connectivity index (χ2n) is 13.7. The number of para-hydroxylation sites is 1. The Morgan fingerprint density at radius 2 is 1.83 bits per heavy atom. The maximum Gasteiger partial charge on any atom is 0.340 e. The molecule has 6 aliphatic rings. The third kappa shape index (κ3) is 3.21. The van der Waals surface area contributed by atoms with Crippen molar-refractivity contribution in [3.05, 3.63) is 29.8 Å². The number of hydrogen-bond acceptors (Lipinski definition) is 9. The molecule has 5 aliphatic carbocycles. The first-order valence-corrected chi connectivity index (χ1v) is 15.4. The molecule has 0 aromatic heterocycles. The van der Waals surface area contributed by atoms with Gasteiger partial charge in [0.2, 0.25) is 5.91 Å². The maximum atomic E-state index is 14.0. The summed E-state index contributed by atoms with van der Waals surface area (Å²) >= 11 is 0. The second-order valence-corrected chi connectivity index (χ2v) is 13.7. The SMILES string of the molecule is CCN1C[C@]2(OC(=O)c3ccccc3NC(C)=O)CC[C@H](OC)[C@]34C1[C@H](CC23)[C@@]1(O)C[C@H](OC)C2CC4[C@]1(O)[C@H]2OC. The van der Waals surface area contributed by atoms with Gasteiger partial charge in [-0.05, 0) is 44.4 Å². The number of likely N-dealkylation sites (tertiary alicyclic amines) is 1. The van der Waals surface area contributed by atoms with Crippen molar-refractivity contribution in [2.75, 3.05) is 39.7 Å². The number of ether oxygens (including phenoxy) is 4. The number of aliphatic hydroxyl groups is 2. The van der Waals surface area contributed by atoms with Crippen LogP contribution in [0.15, 0.2) is 24.3 Å². The van der Waals surface area contributed by atoms with E-state index in [1.54, 1.807) is 45.6 Å². The van der Waals surface area contributed by atoms with Gasteiger partial charge >= 0.3 is 5.97 Å². The molecule has 1 heterocycles. The number of carbonyl (C=O) groups is 2. The topological polar surface area (TPSA) is 127 Å². The number of hydrogen-bond donors (Lipinski definition) is 3. The Morgan fingerprint density at radius 1 is 1.07 bits per heavy atom. The van der Waals surface area contributed by atoms with Crippen LogP contribution in [0, 0.1) is 29.1 Å². The number of piperidine rings is 1. The first-order chi connectivity index (χ1) is 20.1. The minimum atomic E-state index is -1.48. The van der Waals surface area contributed by atoms with E-state index >= 15 is 0 Å². The highest BCUT2D eigenvalue weighted by Gasteiger charge is 2.89. The molecule has 4 unspecified atom stereocenters. The number of nitrogens with one attached hydrogen (secondary N) is 1. The Labute approximate surface area is 247 Å². The van der Waals surface area contributed by atoms with Crippen LogP contribution in [0.2, 0.25) is 0 Å². The average molecular weight is 585 g/mol. The van der Waals surface area contributed by atoms with Crippen molar-refractivity contribution in [3.8, 4) is 0 Å². The van der Waals surface area contributed by atoms with Gasteiger partial charge in [0, 0.05) is 76.3 Å². The van der Waals surface area contributed by atoms with E-state index in [9.17, 15) is 19.8 Å². The fourth-order valence-electron chi connectivity index (χ4n) is 11.6. The van der Waals surface area contributed by atoms with Gasteiger partial charge in [0.1, 0.15) is 16.8 Å². The summed E-state index contributed by atoms with van der Waals surface area (Å²) in [6.45, 7) is 4.79. The first-order valence-electron chi connectivity index (χ1n) is 15.4. The molecular weight excluding hydrogens is 540 g/mol. The zero-order valence-electron chi connectivity index (χ0n) is 25.2. The van der Waals surface area contributed by atoms with Gasteiger partial charge in [-0.25, -0.2) is 4.79 Å². The number of amides is 1. The molecule has 1 spiro atoms. The van der Waals surface area contributed by atoms with E-state index in [-0.39, 0.29) is 47.8 Å². The minimum absolute atomic E-state index is 0.0432. The van der Waals surface area contributed by atoms with Gasteiger partial charge in [-0.1, -0.05) is 19.1 Å². The lowest BCUT2D eigenvalue weighted by Crippen LogP contribution is -2.83. The minimum Gasteiger partial charge on any atom is -0.454 e. The highest BCUT2D eigenvalue weighted by Crippen LogP contribution is 2.79. The van der Waals surface area contributed by atoms with Gasteiger partial charge in [-0.3, -0.25) is 9.69 Å². The molecule has 10 heteroatoms. The lowest BCUT2D eigenvalue weighted by Gasteiger charge is -2.70. The fraction of sp³-hybridized carbons (Fsp3) is 0.750. The van der Waals surface area contributed by atoms with Gasteiger partial charge in [-0.15, -0.1) is 0 Å². The molecule has 3 N–H and O–H groups in total. The largest absolute Gasteiger partial charge is 0.454 e. The second kappa shape index (κ2) is 9.46. The summed E-state index contributed by atoms with van der Waals surface area (Å²) in [4.78, 5) is 28.3. The van der Waals surface area contributed by atoms with E-state index in [1.165, 1.54) is 6.92 Å². The van der Waals surface area contributed by atoms with E-state index in [0.717, 1.165) is 0 Å².